The molecular weight excluding hydrogens is 640 g/mol. The topological polar surface area (TPSA) is 165 Å². The number of alkyl halides is 3. The lowest BCUT2D eigenvalue weighted by Crippen LogP contribution is -2.21. The van der Waals surface area contributed by atoms with Crippen LogP contribution in [0.3, 0.4) is 0 Å². The molecule has 1 aromatic carbocycles. The summed E-state index contributed by atoms with van der Waals surface area (Å²) in [6.45, 7) is 4.53. The summed E-state index contributed by atoms with van der Waals surface area (Å²) in [5, 5.41) is 21.2. The largest absolute Gasteiger partial charge is 0.421 e. The minimum atomic E-state index is -4.82. The van der Waals surface area contributed by atoms with Crippen molar-refractivity contribution in [1.29, 1.82) is 0 Å². The third kappa shape index (κ3) is 9.58. The Balaban J connectivity index is 1.60. The summed E-state index contributed by atoms with van der Waals surface area (Å²) in [7, 11) is -1.95. The quantitative estimate of drug-likeness (QED) is 0.0796. The summed E-state index contributed by atoms with van der Waals surface area (Å²) < 4.78 is 67.3. The van der Waals surface area contributed by atoms with Gasteiger partial charge in [0.15, 0.2) is 5.69 Å². The molecule has 13 nitrogen and oxygen atoms in total. The van der Waals surface area contributed by atoms with Crippen LogP contribution in [0.4, 0.5) is 36.3 Å². The van der Waals surface area contributed by atoms with Crippen LogP contribution in [0.5, 0.6) is 0 Å². The van der Waals surface area contributed by atoms with Crippen LogP contribution in [0, 0.1) is 0 Å². The fourth-order valence-electron chi connectivity index (χ4n) is 4.46. The van der Waals surface area contributed by atoms with Gasteiger partial charge in [-0.1, -0.05) is 12.1 Å². The predicted octanol–water partition coefficient (Wildman–Crippen LogP) is 6.14. The number of nitrogens with zero attached hydrogens (tertiary/aromatic N) is 5. The Hall–Kier alpha value is -4.37. The molecule has 3 aromatic heterocycles. The van der Waals surface area contributed by atoms with Gasteiger partial charge in [0.25, 0.3) is 5.91 Å². The van der Waals surface area contributed by atoms with Crippen LogP contribution < -0.4 is 16.0 Å². The Morgan fingerprint density at radius 3 is 2.36 bits per heavy atom. The number of amides is 1. The van der Waals surface area contributed by atoms with Crippen molar-refractivity contribution in [2.45, 2.75) is 45.6 Å². The highest BCUT2D eigenvalue weighted by atomic mass is 31.2. The van der Waals surface area contributed by atoms with E-state index in [0.717, 1.165) is 0 Å². The van der Waals surface area contributed by atoms with Crippen LogP contribution in [0.25, 0.3) is 11.3 Å². The number of benzene rings is 1. The highest BCUT2D eigenvalue weighted by Gasteiger charge is 2.36. The maximum atomic E-state index is 14.0. The molecule has 4 aromatic rings. The maximum absolute atomic E-state index is 14.0. The first kappa shape index (κ1) is 35.5. The molecule has 17 heteroatoms. The molecule has 0 bridgehead atoms. The van der Waals surface area contributed by atoms with Gasteiger partial charge in [-0.05, 0) is 56.5 Å². The first-order valence-corrected chi connectivity index (χ1v) is 16.5. The van der Waals surface area contributed by atoms with Crippen LogP contribution in [0.1, 0.15) is 48.3 Å². The molecule has 0 aliphatic rings. The lowest BCUT2D eigenvalue weighted by molar-refractivity contribution is -0.137. The van der Waals surface area contributed by atoms with Crippen molar-refractivity contribution in [3.8, 4) is 11.3 Å². The Bertz CT molecular complexity index is 1690. The lowest BCUT2D eigenvalue weighted by atomic mass is 10.1. The zero-order valence-electron chi connectivity index (χ0n) is 26.0. The number of hydrogen-bond donors (Lipinski definition) is 4. The molecule has 0 unspecified atom stereocenters. The number of nitrogens with one attached hydrogen (secondary N) is 3. The third-order valence-electron chi connectivity index (χ3n) is 6.65. The Kier molecular flexibility index (Phi) is 12.0. The summed E-state index contributed by atoms with van der Waals surface area (Å²) in [5.41, 5.74) is 0.768. The number of aromatic nitrogens is 5. The number of hydrogen-bond acceptors (Lipinski definition) is 11. The van der Waals surface area contributed by atoms with Gasteiger partial charge in [0.05, 0.1) is 37.0 Å². The molecule has 47 heavy (non-hydrogen) atoms. The third-order valence-corrected chi connectivity index (χ3v) is 8.70. The minimum Gasteiger partial charge on any atom is -0.396 e. The van der Waals surface area contributed by atoms with Gasteiger partial charge in [0.1, 0.15) is 11.4 Å². The number of aliphatic hydroxyl groups is 1. The van der Waals surface area contributed by atoms with Crippen molar-refractivity contribution >= 4 is 36.6 Å². The molecule has 0 spiro atoms. The average Bonchev–Trinajstić information content (AvgIpc) is 3.50. The Morgan fingerprint density at radius 2 is 1.72 bits per heavy atom. The molecule has 0 saturated heterocycles. The van der Waals surface area contributed by atoms with Gasteiger partial charge < -0.3 is 30.1 Å². The normalized spacial score (nSPS) is 11.8. The van der Waals surface area contributed by atoms with Gasteiger partial charge in [0, 0.05) is 43.8 Å². The number of unbranched alkanes of at least 4 members (excludes halogenated alkanes) is 1. The summed E-state index contributed by atoms with van der Waals surface area (Å²) in [6.07, 6.45) is 0.499. The Morgan fingerprint density at radius 1 is 1.00 bits per heavy atom. The van der Waals surface area contributed by atoms with Gasteiger partial charge >= 0.3 is 13.8 Å². The number of rotatable bonds is 16. The van der Waals surface area contributed by atoms with E-state index >= 15 is 0 Å². The van der Waals surface area contributed by atoms with Crippen LogP contribution in [-0.2, 0) is 32.5 Å². The molecule has 0 radical (unpaired) electrons. The second-order valence-corrected chi connectivity index (χ2v) is 12.2. The molecule has 0 aliphatic heterocycles. The van der Waals surface area contributed by atoms with E-state index in [-0.39, 0.29) is 43.3 Å². The van der Waals surface area contributed by atoms with E-state index in [9.17, 15) is 22.5 Å². The molecular formula is C30H36F3N8O5P. The van der Waals surface area contributed by atoms with Gasteiger partial charge in [-0.3, -0.25) is 14.0 Å². The molecule has 0 saturated carbocycles. The molecule has 4 N–H and O–H groups in total. The number of aryl methyl sites for hydroxylation is 1. The van der Waals surface area contributed by atoms with Crippen LogP contribution in [-0.4, -0.2) is 62.6 Å². The first-order valence-electron chi connectivity index (χ1n) is 14.8. The van der Waals surface area contributed by atoms with Crippen molar-refractivity contribution in [2.24, 2.45) is 0 Å². The molecule has 252 valence electrons. The number of pyridine rings is 1. The monoisotopic (exact) mass is 676 g/mol. The molecule has 0 aliphatic carbocycles. The van der Waals surface area contributed by atoms with Gasteiger partial charge in [0.2, 0.25) is 5.95 Å². The van der Waals surface area contributed by atoms with E-state index in [4.69, 9.17) is 14.2 Å². The van der Waals surface area contributed by atoms with Gasteiger partial charge in [-0.15, -0.1) is 0 Å². The number of anilines is 4. The first-order chi connectivity index (χ1) is 22.5. The Labute approximate surface area is 269 Å². The smallest absolute Gasteiger partial charge is 0.396 e. The maximum Gasteiger partial charge on any atom is 0.421 e. The van der Waals surface area contributed by atoms with E-state index in [1.165, 1.54) is 13.1 Å². The fraction of sp³-hybridized carbons (Fsp3) is 0.367. The number of aliphatic hydroxyl groups excluding tert-OH is 1. The highest BCUT2D eigenvalue weighted by molar-refractivity contribution is 7.53. The fourth-order valence-corrected chi connectivity index (χ4v) is 6.16. The summed E-state index contributed by atoms with van der Waals surface area (Å²) >= 11 is 0. The van der Waals surface area contributed by atoms with Crippen molar-refractivity contribution in [2.75, 3.05) is 37.5 Å². The average molecular weight is 677 g/mol. The van der Waals surface area contributed by atoms with Crippen molar-refractivity contribution in [1.82, 2.24) is 30.0 Å². The summed E-state index contributed by atoms with van der Waals surface area (Å²) in [4.78, 5) is 25.1. The standard InChI is InChI=1S/C30H36F3N8O5P/c1-4-45-47(44,46-5-2)19-20-8-10-22(11-9-20)37-29-35-17-23(30(31,32)33)27(40-29)39-25-13-12-24(38-26(25)28(43)34-3)21-16-36-41(18-21)14-6-7-15-42/h8-13,16-18,42H,4-7,14-15,19H2,1-3H3,(H,34,43)(H2,35,37,39,40). The number of halogens is 3. The zero-order valence-corrected chi connectivity index (χ0v) is 26.9. The predicted molar refractivity (Wildman–Crippen MR) is 170 cm³/mol. The second kappa shape index (κ2) is 16.0. The molecule has 0 atom stereocenters. The summed E-state index contributed by atoms with van der Waals surface area (Å²) in [5.74, 6) is -1.39. The lowest BCUT2D eigenvalue weighted by Gasteiger charge is -2.17. The highest BCUT2D eigenvalue weighted by Crippen LogP contribution is 2.51. The number of carbonyl (C=O) groups is 1. The van der Waals surface area contributed by atoms with E-state index in [0.29, 0.717) is 48.1 Å². The van der Waals surface area contributed by atoms with E-state index in [1.54, 1.807) is 61.3 Å². The van der Waals surface area contributed by atoms with Gasteiger partial charge in [-0.25, -0.2) is 9.97 Å². The van der Waals surface area contributed by atoms with Crippen LogP contribution in [0.15, 0.2) is 55.0 Å². The number of carbonyl (C=O) groups excluding carboxylic acids is 1. The van der Waals surface area contributed by atoms with Crippen molar-refractivity contribution < 1.29 is 36.7 Å². The molecule has 4 rings (SSSR count). The van der Waals surface area contributed by atoms with E-state index < -0.39 is 31.1 Å². The molecule has 0 fully saturated rings. The van der Waals surface area contributed by atoms with Crippen LogP contribution >= 0.6 is 7.60 Å². The second-order valence-electron chi connectivity index (χ2n) is 10.1. The SMILES string of the molecule is CCOP(=O)(Cc1ccc(Nc2ncc(C(F)(F)F)c(Nc3ccc(-c4cnn(CCCCO)c4)nc3C(=O)NC)n2)cc1)OCC. The molecule has 1 amide bonds. The van der Waals surface area contributed by atoms with Gasteiger partial charge in [-0.2, -0.15) is 23.3 Å². The zero-order chi connectivity index (χ0) is 34.0. The van der Waals surface area contributed by atoms with Crippen LogP contribution in [0.2, 0.25) is 0 Å². The van der Waals surface area contributed by atoms with Crippen molar-refractivity contribution in [3.05, 3.63) is 71.8 Å². The van der Waals surface area contributed by atoms with E-state index in [2.05, 4.69) is 36.0 Å². The minimum absolute atomic E-state index is 0.0176. The van der Waals surface area contributed by atoms with Crippen molar-refractivity contribution in [3.63, 3.8) is 0 Å². The molecule has 3 heterocycles. The van der Waals surface area contributed by atoms with E-state index in [1.807, 2.05) is 0 Å². The summed E-state index contributed by atoms with van der Waals surface area (Å²) in [6, 6.07) is 9.61.